The fourth-order valence-corrected chi connectivity index (χ4v) is 4.75. The van der Waals surface area contributed by atoms with Gasteiger partial charge in [-0.3, -0.25) is 4.79 Å². The molecular formula is C27H30F3N5O4. The second-order valence-electron chi connectivity index (χ2n) is 9.75. The van der Waals surface area contributed by atoms with Gasteiger partial charge in [0, 0.05) is 30.6 Å². The van der Waals surface area contributed by atoms with Gasteiger partial charge in [-0.2, -0.15) is 13.2 Å². The fraction of sp³-hybridized carbons (Fsp3) is 0.444. The SMILES string of the molecule is Cc1nc(NC(C)c2cc(N)cc(C(F)(F)F)c2)c2cc(O[C@H]3CCOC3)c(C(=O)N3CCOCC3)cc2n1. The molecule has 9 nitrogen and oxygen atoms in total. The zero-order valence-electron chi connectivity index (χ0n) is 21.7. The van der Waals surface area contributed by atoms with Crippen LogP contribution in [0.15, 0.2) is 30.3 Å². The number of aromatic nitrogens is 2. The molecule has 0 aliphatic carbocycles. The van der Waals surface area contributed by atoms with Gasteiger partial charge in [0.2, 0.25) is 0 Å². The van der Waals surface area contributed by atoms with E-state index in [-0.39, 0.29) is 17.7 Å². The predicted molar refractivity (Wildman–Crippen MR) is 139 cm³/mol. The van der Waals surface area contributed by atoms with Crippen molar-refractivity contribution in [2.75, 3.05) is 50.6 Å². The van der Waals surface area contributed by atoms with Gasteiger partial charge in [-0.05, 0) is 49.7 Å². The summed E-state index contributed by atoms with van der Waals surface area (Å²) < 4.78 is 57.3. The molecule has 5 rings (SSSR count). The van der Waals surface area contributed by atoms with Gasteiger partial charge in [0.1, 0.15) is 23.5 Å². The molecule has 2 aliphatic rings. The zero-order valence-corrected chi connectivity index (χ0v) is 21.7. The molecule has 2 fully saturated rings. The quantitative estimate of drug-likeness (QED) is 0.440. The molecule has 12 heteroatoms. The minimum atomic E-state index is -4.53. The van der Waals surface area contributed by atoms with Crippen molar-refractivity contribution in [3.8, 4) is 5.75 Å². The molecular weight excluding hydrogens is 515 g/mol. The highest BCUT2D eigenvalue weighted by Crippen LogP contribution is 2.35. The number of nitrogens with one attached hydrogen (secondary N) is 1. The van der Waals surface area contributed by atoms with E-state index < -0.39 is 17.8 Å². The van der Waals surface area contributed by atoms with E-state index in [1.54, 1.807) is 30.9 Å². The molecule has 0 spiro atoms. The third-order valence-corrected chi connectivity index (χ3v) is 6.78. The van der Waals surface area contributed by atoms with E-state index in [2.05, 4.69) is 15.3 Å². The lowest BCUT2D eigenvalue weighted by atomic mass is 10.0. The number of hydrogen-bond donors (Lipinski definition) is 2. The number of nitrogen functional groups attached to an aromatic ring is 1. The summed E-state index contributed by atoms with van der Waals surface area (Å²) in [4.78, 5) is 24.3. The van der Waals surface area contributed by atoms with Crippen LogP contribution in [0.3, 0.4) is 0 Å². The average molecular weight is 546 g/mol. The van der Waals surface area contributed by atoms with Crippen molar-refractivity contribution in [3.63, 3.8) is 0 Å². The van der Waals surface area contributed by atoms with Crippen molar-refractivity contribution in [1.29, 1.82) is 0 Å². The molecule has 1 unspecified atom stereocenters. The number of nitrogens with two attached hydrogens (primary N) is 1. The standard InChI is InChI=1S/C27H30F3N5O4/c1-15(17-9-18(27(28,29)30)11-19(31)10-17)32-25-21-13-24(39-20-3-6-38-14-20)22(12-23(21)33-16(2)34-25)26(36)35-4-7-37-8-5-35/h9-13,15,20H,3-8,14,31H2,1-2H3,(H,32,33,34)/t15?,20-/m0/s1. The first kappa shape index (κ1) is 26.9. The average Bonchev–Trinajstić information content (AvgIpc) is 3.41. The van der Waals surface area contributed by atoms with Gasteiger partial charge in [0.25, 0.3) is 5.91 Å². The lowest BCUT2D eigenvalue weighted by Gasteiger charge is -2.28. The Kier molecular flexibility index (Phi) is 7.50. The summed E-state index contributed by atoms with van der Waals surface area (Å²) in [5, 5.41) is 3.78. The van der Waals surface area contributed by atoms with Crippen LogP contribution in [0, 0.1) is 6.92 Å². The number of carbonyl (C=O) groups excluding carboxylic acids is 1. The van der Waals surface area contributed by atoms with Crippen molar-refractivity contribution in [2.24, 2.45) is 0 Å². The zero-order chi connectivity index (χ0) is 27.7. The van der Waals surface area contributed by atoms with E-state index in [4.69, 9.17) is 19.9 Å². The third kappa shape index (κ3) is 6.01. The molecule has 1 aromatic heterocycles. The largest absolute Gasteiger partial charge is 0.487 e. The lowest BCUT2D eigenvalue weighted by molar-refractivity contribution is -0.137. The van der Waals surface area contributed by atoms with Gasteiger partial charge in [0.05, 0.1) is 49.1 Å². The first-order valence-corrected chi connectivity index (χ1v) is 12.8. The van der Waals surface area contributed by atoms with Crippen LogP contribution in [0.1, 0.15) is 46.7 Å². The molecule has 1 amide bonds. The number of rotatable bonds is 6. The monoisotopic (exact) mass is 545 g/mol. The molecule has 2 aromatic carbocycles. The van der Waals surface area contributed by atoms with Gasteiger partial charge in [-0.15, -0.1) is 0 Å². The number of alkyl halides is 3. The fourth-order valence-electron chi connectivity index (χ4n) is 4.75. The number of aryl methyl sites for hydroxylation is 1. The first-order chi connectivity index (χ1) is 18.6. The van der Waals surface area contributed by atoms with Gasteiger partial charge in [-0.1, -0.05) is 0 Å². The minimum Gasteiger partial charge on any atom is -0.487 e. The van der Waals surface area contributed by atoms with Crippen LogP contribution in [0.25, 0.3) is 10.9 Å². The van der Waals surface area contributed by atoms with E-state index in [9.17, 15) is 18.0 Å². The van der Waals surface area contributed by atoms with Gasteiger partial charge >= 0.3 is 6.18 Å². The topological polar surface area (TPSA) is 112 Å². The van der Waals surface area contributed by atoms with Crippen molar-refractivity contribution in [1.82, 2.24) is 14.9 Å². The van der Waals surface area contributed by atoms with E-state index in [0.29, 0.717) is 85.4 Å². The third-order valence-electron chi connectivity index (χ3n) is 6.78. The summed E-state index contributed by atoms with van der Waals surface area (Å²) in [6.45, 7) is 6.26. The summed E-state index contributed by atoms with van der Waals surface area (Å²) in [5.41, 5.74) is 6.20. The van der Waals surface area contributed by atoms with Crippen LogP contribution in [-0.2, 0) is 15.7 Å². The van der Waals surface area contributed by atoms with Crippen LogP contribution in [-0.4, -0.2) is 66.4 Å². The molecule has 0 saturated carbocycles. The summed E-state index contributed by atoms with van der Waals surface area (Å²) in [7, 11) is 0. The van der Waals surface area contributed by atoms with Crippen molar-refractivity contribution < 1.29 is 32.2 Å². The van der Waals surface area contributed by atoms with Crippen LogP contribution in [0.2, 0.25) is 0 Å². The Morgan fingerprint density at radius 2 is 1.90 bits per heavy atom. The maximum absolute atomic E-state index is 13.5. The number of nitrogens with zero attached hydrogens (tertiary/aromatic N) is 3. The molecule has 0 radical (unpaired) electrons. The predicted octanol–water partition coefficient (Wildman–Crippen LogP) is 4.35. The molecule has 3 aromatic rings. The number of benzene rings is 2. The number of halogens is 3. The van der Waals surface area contributed by atoms with Crippen LogP contribution in [0.4, 0.5) is 24.7 Å². The Morgan fingerprint density at radius 1 is 1.13 bits per heavy atom. The maximum Gasteiger partial charge on any atom is 0.416 e. The first-order valence-electron chi connectivity index (χ1n) is 12.8. The highest BCUT2D eigenvalue weighted by Gasteiger charge is 2.32. The molecule has 2 saturated heterocycles. The lowest BCUT2D eigenvalue weighted by Crippen LogP contribution is -2.41. The summed E-state index contributed by atoms with van der Waals surface area (Å²) in [6, 6.07) is 6.30. The number of anilines is 2. The Bertz CT molecular complexity index is 1370. The molecule has 39 heavy (non-hydrogen) atoms. The molecule has 3 N–H and O–H groups in total. The number of hydrogen-bond acceptors (Lipinski definition) is 8. The molecule has 3 heterocycles. The Labute approximate surface area is 223 Å². The van der Waals surface area contributed by atoms with E-state index in [1.165, 1.54) is 6.07 Å². The minimum absolute atomic E-state index is 0.0120. The Balaban J connectivity index is 1.54. The van der Waals surface area contributed by atoms with Crippen LogP contribution >= 0.6 is 0 Å². The highest BCUT2D eigenvalue weighted by atomic mass is 19.4. The van der Waals surface area contributed by atoms with E-state index in [0.717, 1.165) is 12.1 Å². The second-order valence-corrected chi connectivity index (χ2v) is 9.75. The van der Waals surface area contributed by atoms with Gasteiger partial charge < -0.3 is 30.2 Å². The molecule has 2 atom stereocenters. The number of carbonyl (C=O) groups is 1. The van der Waals surface area contributed by atoms with Crippen molar-refractivity contribution >= 4 is 28.3 Å². The van der Waals surface area contributed by atoms with Crippen LogP contribution in [0.5, 0.6) is 5.75 Å². The van der Waals surface area contributed by atoms with Crippen molar-refractivity contribution in [2.45, 2.75) is 38.6 Å². The number of amides is 1. The number of ether oxygens (including phenoxy) is 3. The molecule has 2 aliphatic heterocycles. The van der Waals surface area contributed by atoms with E-state index >= 15 is 0 Å². The smallest absolute Gasteiger partial charge is 0.416 e. The Morgan fingerprint density at radius 3 is 2.59 bits per heavy atom. The van der Waals surface area contributed by atoms with Gasteiger partial charge in [0.15, 0.2) is 0 Å². The Hall–Kier alpha value is -3.64. The summed E-state index contributed by atoms with van der Waals surface area (Å²) in [6.07, 6.45) is -4.05. The van der Waals surface area contributed by atoms with E-state index in [1.807, 2.05) is 0 Å². The van der Waals surface area contributed by atoms with Crippen molar-refractivity contribution in [3.05, 3.63) is 52.8 Å². The normalized spacial score (nSPS) is 18.8. The van der Waals surface area contributed by atoms with Crippen LogP contribution < -0.4 is 15.8 Å². The highest BCUT2D eigenvalue weighted by molar-refractivity contribution is 6.03. The number of fused-ring (bicyclic) bond motifs is 1. The van der Waals surface area contributed by atoms with Gasteiger partial charge in [-0.25, -0.2) is 9.97 Å². The summed E-state index contributed by atoms with van der Waals surface area (Å²) in [5.74, 6) is 1.02. The summed E-state index contributed by atoms with van der Waals surface area (Å²) >= 11 is 0. The maximum atomic E-state index is 13.5. The second kappa shape index (κ2) is 10.9. The molecule has 208 valence electrons. The molecule has 0 bridgehead atoms. The number of morpholine rings is 1.